The molecule has 2 aromatic heterocycles. The lowest BCUT2D eigenvalue weighted by Crippen LogP contribution is -2.49. The van der Waals surface area contributed by atoms with Crippen LogP contribution < -0.4 is 10.2 Å². The van der Waals surface area contributed by atoms with Crippen molar-refractivity contribution in [3.05, 3.63) is 48.3 Å². The number of pyridine rings is 2. The number of piperazine rings is 1. The molecule has 1 N–H and O–H groups in total. The van der Waals surface area contributed by atoms with Crippen LogP contribution in [0.25, 0.3) is 0 Å². The van der Waals surface area contributed by atoms with Gasteiger partial charge in [0.2, 0.25) is 5.91 Å². The van der Waals surface area contributed by atoms with E-state index in [-0.39, 0.29) is 12.3 Å². The molecule has 0 atom stereocenters. The van der Waals surface area contributed by atoms with E-state index in [9.17, 15) is 18.0 Å². The topological polar surface area (TPSA) is 61.4 Å². The summed E-state index contributed by atoms with van der Waals surface area (Å²) in [5.74, 6) is 1.23. The average Bonchev–Trinajstić information content (AvgIpc) is 2.68. The van der Waals surface area contributed by atoms with Gasteiger partial charge in [0.05, 0.1) is 5.56 Å². The van der Waals surface area contributed by atoms with Gasteiger partial charge in [-0.25, -0.2) is 9.97 Å². The molecular formula is C18H20F3N5O. The lowest BCUT2D eigenvalue weighted by atomic mass is 10.2. The minimum atomic E-state index is -4.40. The van der Waals surface area contributed by atoms with Crippen molar-refractivity contribution in [1.29, 1.82) is 0 Å². The van der Waals surface area contributed by atoms with Gasteiger partial charge in [0.25, 0.3) is 0 Å². The van der Waals surface area contributed by atoms with Crippen molar-refractivity contribution >= 4 is 17.5 Å². The molecular weight excluding hydrogens is 359 g/mol. The van der Waals surface area contributed by atoms with Gasteiger partial charge >= 0.3 is 6.18 Å². The van der Waals surface area contributed by atoms with Crippen LogP contribution in [0.1, 0.15) is 12.0 Å². The third kappa shape index (κ3) is 5.08. The summed E-state index contributed by atoms with van der Waals surface area (Å²) in [4.78, 5) is 24.3. The molecule has 0 spiro atoms. The third-order valence-electron chi connectivity index (χ3n) is 4.34. The number of alkyl halides is 3. The molecule has 3 heterocycles. The maximum Gasteiger partial charge on any atom is 0.417 e. The molecule has 3 rings (SSSR count). The Morgan fingerprint density at radius 1 is 1.07 bits per heavy atom. The zero-order chi connectivity index (χ0) is 19.3. The van der Waals surface area contributed by atoms with Crippen LogP contribution in [-0.4, -0.2) is 53.5 Å². The van der Waals surface area contributed by atoms with Crippen LogP contribution in [0.5, 0.6) is 0 Å². The SMILES string of the molecule is O=C(CCNc1ccc(C(F)(F)F)cn1)N1CCN(c2ccccn2)CC1. The van der Waals surface area contributed by atoms with Crippen LogP contribution in [0, 0.1) is 0 Å². The van der Waals surface area contributed by atoms with Gasteiger partial charge in [-0.15, -0.1) is 0 Å². The van der Waals surface area contributed by atoms with Crippen molar-refractivity contribution in [3.63, 3.8) is 0 Å². The predicted octanol–water partition coefficient (Wildman–Crippen LogP) is 2.65. The van der Waals surface area contributed by atoms with Gasteiger partial charge in [0.15, 0.2) is 0 Å². The van der Waals surface area contributed by atoms with Crippen LogP contribution in [0.15, 0.2) is 42.7 Å². The van der Waals surface area contributed by atoms with E-state index in [0.29, 0.717) is 25.5 Å². The number of halogens is 3. The molecule has 144 valence electrons. The highest BCUT2D eigenvalue weighted by Crippen LogP contribution is 2.28. The summed E-state index contributed by atoms with van der Waals surface area (Å²) in [6, 6.07) is 7.97. The molecule has 0 aromatic carbocycles. The zero-order valence-electron chi connectivity index (χ0n) is 14.6. The van der Waals surface area contributed by atoms with E-state index in [4.69, 9.17) is 0 Å². The minimum Gasteiger partial charge on any atom is -0.370 e. The number of hydrogen-bond donors (Lipinski definition) is 1. The van der Waals surface area contributed by atoms with Gasteiger partial charge in [0, 0.05) is 51.5 Å². The number of nitrogens with one attached hydrogen (secondary N) is 1. The normalized spacial score (nSPS) is 14.9. The Labute approximate surface area is 155 Å². The second kappa shape index (κ2) is 8.24. The van der Waals surface area contributed by atoms with E-state index >= 15 is 0 Å². The molecule has 1 saturated heterocycles. The number of carbonyl (C=O) groups is 1. The summed E-state index contributed by atoms with van der Waals surface area (Å²) in [5, 5.41) is 2.88. The maximum absolute atomic E-state index is 12.5. The molecule has 0 radical (unpaired) electrons. The molecule has 1 aliphatic rings. The Hall–Kier alpha value is -2.84. The fourth-order valence-corrected chi connectivity index (χ4v) is 2.85. The van der Waals surface area contributed by atoms with Crippen molar-refractivity contribution < 1.29 is 18.0 Å². The number of carbonyl (C=O) groups excluding carboxylic acids is 1. The Kier molecular flexibility index (Phi) is 5.78. The molecule has 1 aliphatic heterocycles. The fraction of sp³-hybridized carbons (Fsp3) is 0.389. The first-order chi connectivity index (χ1) is 12.9. The summed E-state index contributed by atoms with van der Waals surface area (Å²) in [6.45, 7) is 2.99. The largest absolute Gasteiger partial charge is 0.417 e. The second-order valence-electron chi connectivity index (χ2n) is 6.16. The number of nitrogens with zero attached hydrogens (tertiary/aromatic N) is 4. The maximum atomic E-state index is 12.5. The van der Waals surface area contributed by atoms with Crippen LogP contribution in [-0.2, 0) is 11.0 Å². The van der Waals surface area contributed by atoms with E-state index in [1.165, 1.54) is 6.07 Å². The van der Waals surface area contributed by atoms with Gasteiger partial charge in [-0.3, -0.25) is 4.79 Å². The lowest BCUT2D eigenvalue weighted by molar-refractivity contribution is -0.137. The molecule has 27 heavy (non-hydrogen) atoms. The molecule has 0 aliphatic carbocycles. The molecule has 1 fully saturated rings. The van der Waals surface area contributed by atoms with Gasteiger partial charge in [-0.05, 0) is 24.3 Å². The van der Waals surface area contributed by atoms with E-state index in [1.807, 2.05) is 18.2 Å². The molecule has 6 nitrogen and oxygen atoms in total. The highest BCUT2D eigenvalue weighted by atomic mass is 19.4. The first kappa shape index (κ1) is 18.9. The molecule has 9 heteroatoms. The highest BCUT2D eigenvalue weighted by molar-refractivity contribution is 5.77. The summed E-state index contributed by atoms with van der Waals surface area (Å²) < 4.78 is 37.5. The number of amides is 1. The summed E-state index contributed by atoms with van der Waals surface area (Å²) in [7, 11) is 0. The van der Waals surface area contributed by atoms with Crippen molar-refractivity contribution in [2.75, 3.05) is 42.9 Å². The predicted molar refractivity (Wildman–Crippen MR) is 95.4 cm³/mol. The Bertz CT molecular complexity index is 744. The van der Waals surface area contributed by atoms with Crippen molar-refractivity contribution in [3.8, 4) is 0 Å². The molecule has 0 unspecified atom stereocenters. The molecule has 2 aromatic rings. The Morgan fingerprint density at radius 2 is 1.85 bits per heavy atom. The number of rotatable bonds is 5. The van der Waals surface area contributed by atoms with E-state index in [2.05, 4.69) is 20.2 Å². The Balaban J connectivity index is 1.41. The zero-order valence-corrected chi connectivity index (χ0v) is 14.6. The van der Waals surface area contributed by atoms with E-state index < -0.39 is 11.7 Å². The smallest absolute Gasteiger partial charge is 0.370 e. The van der Waals surface area contributed by atoms with Crippen LogP contribution in [0.2, 0.25) is 0 Å². The number of anilines is 2. The number of hydrogen-bond acceptors (Lipinski definition) is 5. The minimum absolute atomic E-state index is 0.00934. The van der Waals surface area contributed by atoms with Crippen molar-refractivity contribution in [2.24, 2.45) is 0 Å². The van der Waals surface area contributed by atoms with Crippen molar-refractivity contribution in [1.82, 2.24) is 14.9 Å². The monoisotopic (exact) mass is 379 g/mol. The third-order valence-corrected chi connectivity index (χ3v) is 4.34. The van der Waals surface area contributed by atoms with Gasteiger partial charge < -0.3 is 15.1 Å². The lowest BCUT2D eigenvalue weighted by Gasteiger charge is -2.35. The van der Waals surface area contributed by atoms with Crippen LogP contribution in [0.4, 0.5) is 24.8 Å². The molecule has 0 saturated carbocycles. The average molecular weight is 379 g/mol. The first-order valence-corrected chi connectivity index (χ1v) is 8.64. The summed E-state index contributed by atoms with van der Waals surface area (Å²) >= 11 is 0. The van der Waals surface area contributed by atoms with Gasteiger partial charge in [-0.1, -0.05) is 6.07 Å². The van der Waals surface area contributed by atoms with Crippen LogP contribution in [0.3, 0.4) is 0 Å². The van der Waals surface area contributed by atoms with Crippen LogP contribution >= 0.6 is 0 Å². The standard InChI is InChI=1S/C18H20F3N5O/c19-18(20,21)14-4-5-15(24-13-14)22-8-6-17(27)26-11-9-25(10-12-26)16-3-1-2-7-23-16/h1-5,7,13H,6,8-12H2,(H,22,24). The van der Waals surface area contributed by atoms with Gasteiger partial charge in [0.1, 0.15) is 11.6 Å². The quantitative estimate of drug-likeness (QED) is 0.866. The summed E-state index contributed by atoms with van der Waals surface area (Å²) in [5.41, 5.74) is -0.796. The summed E-state index contributed by atoms with van der Waals surface area (Å²) in [6.07, 6.45) is -1.62. The van der Waals surface area contributed by atoms with E-state index in [1.54, 1.807) is 11.1 Å². The fourth-order valence-electron chi connectivity index (χ4n) is 2.85. The first-order valence-electron chi connectivity index (χ1n) is 8.64. The van der Waals surface area contributed by atoms with Crippen molar-refractivity contribution in [2.45, 2.75) is 12.6 Å². The van der Waals surface area contributed by atoms with Gasteiger partial charge in [-0.2, -0.15) is 13.2 Å². The molecule has 1 amide bonds. The highest BCUT2D eigenvalue weighted by Gasteiger charge is 2.30. The number of aromatic nitrogens is 2. The molecule has 0 bridgehead atoms. The Morgan fingerprint density at radius 3 is 2.44 bits per heavy atom. The van der Waals surface area contributed by atoms with E-state index in [0.717, 1.165) is 31.2 Å². The second-order valence-corrected chi connectivity index (χ2v) is 6.16.